The maximum absolute atomic E-state index is 2.35. The van der Waals surface area contributed by atoms with Gasteiger partial charge in [-0.1, -0.05) is 12.1 Å². The molecule has 2 nitrogen and oxygen atoms in total. The van der Waals surface area contributed by atoms with Gasteiger partial charge in [0.1, 0.15) is 0 Å². The summed E-state index contributed by atoms with van der Waals surface area (Å²) in [5.74, 6) is 0. The number of rotatable bonds is 2. The molecule has 0 saturated heterocycles. The van der Waals surface area contributed by atoms with Crippen molar-refractivity contribution in [1.82, 2.24) is 8.80 Å². The normalized spacial score (nSPS) is 11.7. The molecule has 2 heteroatoms. The second-order valence-electron chi connectivity index (χ2n) is 6.48. The highest BCUT2D eigenvalue weighted by Crippen LogP contribution is 2.28. The molecule has 0 aliphatic carbocycles. The third kappa shape index (κ3) is 1.94. The van der Waals surface area contributed by atoms with Gasteiger partial charge in [0.05, 0.1) is 0 Å². The molecule has 0 saturated carbocycles. The van der Waals surface area contributed by atoms with Crippen LogP contribution in [0, 0.1) is 27.7 Å². The van der Waals surface area contributed by atoms with E-state index in [1.165, 1.54) is 44.7 Å². The van der Waals surface area contributed by atoms with Crippen LogP contribution in [0.1, 0.15) is 33.6 Å². The van der Waals surface area contributed by atoms with E-state index in [1.807, 2.05) is 0 Å². The Morgan fingerprint density at radius 3 is 1.48 bits per heavy atom. The Morgan fingerprint density at radius 1 is 0.609 bits per heavy atom. The van der Waals surface area contributed by atoms with E-state index >= 15 is 0 Å². The molecule has 0 spiro atoms. The van der Waals surface area contributed by atoms with Gasteiger partial charge in [0.2, 0.25) is 0 Å². The minimum atomic E-state index is 0.954. The molecular formula is C21H22N2. The van der Waals surface area contributed by atoms with Crippen LogP contribution >= 0.6 is 0 Å². The Morgan fingerprint density at radius 2 is 1.04 bits per heavy atom. The van der Waals surface area contributed by atoms with Gasteiger partial charge in [-0.15, -0.1) is 0 Å². The highest BCUT2D eigenvalue weighted by Gasteiger charge is 2.17. The van der Waals surface area contributed by atoms with Gasteiger partial charge in [-0.2, -0.15) is 0 Å². The molecule has 4 heterocycles. The van der Waals surface area contributed by atoms with Crippen molar-refractivity contribution in [3.05, 3.63) is 82.4 Å². The smallest absolute Gasteiger partial charge is 0.0484 e. The van der Waals surface area contributed by atoms with Crippen LogP contribution in [0.5, 0.6) is 0 Å². The fourth-order valence-corrected chi connectivity index (χ4v) is 3.74. The van der Waals surface area contributed by atoms with Crippen LogP contribution in [0.15, 0.2) is 48.8 Å². The zero-order valence-electron chi connectivity index (χ0n) is 14.2. The molecule has 0 amide bonds. The average molecular weight is 302 g/mol. The van der Waals surface area contributed by atoms with Crippen molar-refractivity contribution in [3.8, 4) is 0 Å². The van der Waals surface area contributed by atoms with E-state index in [2.05, 4.69) is 85.3 Å². The number of aromatic nitrogens is 2. The van der Waals surface area contributed by atoms with Crippen molar-refractivity contribution in [2.75, 3.05) is 0 Å². The zero-order chi connectivity index (χ0) is 16.1. The topological polar surface area (TPSA) is 8.82 Å². The molecule has 0 aliphatic rings. The summed E-state index contributed by atoms with van der Waals surface area (Å²) in [6, 6.07) is 12.9. The van der Waals surface area contributed by atoms with Gasteiger partial charge in [-0.25, -0.2) is 0 Å². The number of pyridine rings is 2. The highest BCUT2D eigenvalue weighted by molar-refractivity contribution is 5.64. The maximum atomic E-state index is 2.35. The summed E-state index contributed by atoms with van der Waals surface area (Å²) >= 11 is 0. The molecule has 0 aromatic carbocycles. The fourth-order valence-electron chi connectivity index (χ4n) is 3.74. The quantitative estimate of drug-likeness (QED) is 0.492. The molecule has 0 atom stereocenters. The van der Waals surface area contributed by atoms with Crippen molar-refractivity contribution in [1.29, 1.82) is 0 Å². The van der Waals surface area contributed by atoms with Crippen LogP contribution in [0.4, 0.5) is 0 Å². The van der Waals surface area contributed by atoms with Crippen molar-refractivity contribution in [2.45, 2.75) is 34.1 Å². The lowest BCUT2D eigenvalue weighted by Gasteiger charge is -2.07. The first-order valence-electron chi connectivity index (χ1n) is 8.20. The van der Waals surface area contributed by atoms with Crippen LogP contribution in [0.2, 0.25) is 0 Å². The minimum Gasteiger partial charge on any atom is -0.320 e. The summed E-state index contributed by atoms with van der Waals surface area (Å²) in [5.41, 5.74) is 11.0. The summed E-state index contributed by atoms with van der Waals surface area (Å²) < 4.78 is 4.70. The Hall–Kier alpha value is -2.48. The second-order valence-corrected chi connectivity index (χ2v) is 6.48. The Kier molecular flexibility index (Phi) is 3.08. The molecule has 4 aromatic heterocycles. The van der Waals surface area contributed by atoms with Crippen molar-refractivity contribution in [2.24, 2.45) is 0 Å². The van der Waals surface area contributed by atoms with Crippen LogP contribution < -0.4 is 0 Å². The van der Waals surface area contributed by atoms with Crippen molar-refractivity contribution >= 4 is 11.0 Å². The molecular weight excluding hydrogens is 280 g/mol. The van der Waals surface area contributed by atoms with Gasteiger partial charge in [0.25, 0.3) is 0 Å². The van der Waals surface area contributed by atoms with E-state index in [0.29, 0.717) is 0 Å². The Labute approximate surface area is 137 Å². The lowest BCUT2D eigenvalue weighted by molar-refractivity contribution is 0.939. The standard InChI is InChI=1S/C21H22N2/c1-14-16(3)20(22-11-7-5-9-18(14)22)13-21-17(4)15(2)19-10-6-8-12-23(19)21/h5-12H,13H2,1-4H3. The van der Waals surface area contributed by atoms with Crippen LogP contribution in [0.3, 0.4) is 0 Å². The number of nitrogens with zero attached hydrogens (tertiary/aromatic N) is 2. The van der Waals surface area contributed by atoms with E-state index < -0.39 is 0 Å². The van der Waals surface area contributed by atoms with Crippen molar-refractivity contribution < 1.29 is 0 Å². The van der Waals surface area contributed by atoms with E-state index in [9.17, 15) is 0 Å². The molecule has 0 fully saturated rings. The average Bonchev–Trinajstić information content (AvgIpc) is 2.97. The van der Waals surface area contributed by atoms with E-state index in [-0.39, 0.29) is 0 Å². The minimum absolute atomic E-state index is 0.954. The third-order valence-corrected chi connectivity index (χ3v) is 5.40. The van der Waals surface area contributed by atoms with Crippen LogP contribution in [-0.4, -0.2) is 8.80 Å². The van der Waals surface area contributed by atoms with Gasteiger partial charge in [0, 0.05) is 41.2 Å². The second kappa shape index (κ2) is 5.02. The molecule has 4 aromatic rings. The molecule has 0 N–H and O–H groups in total. The molecule has 23 heavy (non-hydrogen) atoms. The van der Waals surface area contributed by atoms with Gasteiger partial charge in [-0.05, 0) is 74.2 Å². The van der Waals surface area contributed by atoms with Gasteiger partial charge in [0.15, 0.2) is 0 Å². The number of fused-ring (bicyclic) bond motifs is 2. The molecule has 0 aliphatic heterocycles. The summed E-state index contributed by atoms with van der Waals surface area (Å²) in [6.07, 6.45) is 5.32. The molecule has 4 rings (SSSR count). The monoisotopic (exact) mass is 302 g/mol. The fraction of sp³-hybridized carbons (Fsp3) is 0.238. The summed E-state index contributed by atoms with van der Waals surface area (Å²) in [5, 5.41) is 0. The molecule has 0 bridgehead atoms. The first-order chi connectivity index (χ1) is 11.1. The highest BCUT2D eigenvalue weighted by atomic mass is 14.9. The lowest BCUT2D eigenvalue weighted by atomic mass is 10.1. The summed E-state index contributed by atoms with van der Waals surface area (Å²) in [7, 11) is 0. The lowest BCUT2D eigenvalue weighted by Crippen LogP contribution is -2.01. The van der Waals surface area contributed by atoms with Gasteiger partial charge >= 0.3 is 0 Å². The molecule has 0 unspecified atom stereocenters. The Balaban J connectivity index is 1.96. The third-order valence-electron chi connectivity index (χ3n) is 5.40. The predicted molar refractivity (Wildman–Crippen MR) is 96.5 cm³/mol. The van der Waals surface area contributed by atoms with E-state index in [1.54, 1.807) is 0 Å². The number of hydrogen-bond donors (Lipinski definition) is 0. The number of aryl methyl sites for hydroxylation is 2. The van der Waals surface area contributed by atoms with Crippen LogP contribution in [-0.2, 0) is 6.42 Å². The van der Waals surface area contributed by atoms with E-state index in [4.69, 9.17) is 0 Å². The van der Waals surface area contributed by atoms with Crippen LogP contribution in [0.25, 0.3) is 11.0 Å². The summed E-state index contributed by atoms with van der Waals surface area (Å²) in [4.78, 5) is 0. The first kappa shape index (κ1) is 14.1. The van der Waals surface area contributed by atoms with Crippen molar-refractivity contribution in [3.63, 3.8) is 0 Å². The van der Waals surface area contributed by atoms with E-state index in [0.717, 1.165) is 6.42 Å². The summed E-state index contributed by atoms with van der Waals surface area (Å²) in [6.45, 7) is 8.94. The largest absolute Gasteiger partial charge is 0.320 e. The SMILES string of the molecule is Cc1c(C)c2ccccn2c1Cc1c(C)c(C)c2ccccn12. The Bertz CT molecular complexity index is 947. The maximum Gasteiger partial charge on any atom is 0.0484 e. The molecule has 116 valence electrons. The predicted octanol–water partition coefficient (Wildman–Crippen LogP) is 5.02. The zero-order valence-corrected chi connectivity index (χ0v) is 14.2. The molecule has 0 radical (unpaired) electrons. The number of hydrogen-bond acceptors (Lipinski definition) is 0. The van der Waals surface area contributed by atoms with Gasteiger partial charge < -0.3 is 8.80 Å². The first-order valence-corrected chi connectivity index (χ1v) is 8.20. The van der Waals surface area contributed by atoms with Gasteiger partial charge in [-0.3, -0.25) is 0 Å².